The minimum absolute atomic E-state index is 0.215. The number of fused-ring (bicyclic) bond motifs is 1. The van der Waals surface area contributed by atoms with Gasteiger partial charge in [-0.1, -0.05) is 44.2 Å². The molecule has 1 amide bonds. The minimum Gasteiger partial charge on any atom is -0.341 e. The quantitative estimate of drug-likeness (QED) is 0.859. The molecule has 2 aromatic carbocycles. The fourth-order valence-electron chi connectivity index (χ4n) is 3.56. The third kappa shape index (κ3) is 3.61. The number of hydrogen-bond donors (Lipinski definition) is 0. The van der Waals surface area contributed by atoms with E-state index in [9.17, 15) is 13.2 Å². The molecule has 0 radical (unpaired) electrons. The van der Waals surface area contributed by atoms with Crippen LogP contribution in [-0.2, 0) is 14.6 Å². The Labute approximate surface area is 143 Å². The number of rotatable bonds is 3. The fraction of sp³-hybridized carbons (Fsp3) is 0.421. The van der Waals surface area contributed by atoms with Crippen LogP contribution < -0.4 is 0 Å². The lowest BCUT2D eigenvalue weighted by Gasteiger charge is -2.35. The average molecular weight is 345 g/mol. The smallest absolute Gasteiger partial charge is 0.238 e. The van der Waals surface area contributed by atoms with Gasteiger partial charge in [0, 0.05) is 13.1 Å². The molecule has 1 saturated heterocycles. The number of hydrogen-bond acceptors (Lipinski definition) is 3. The first-order chi connectivity index (χ1) is 11.3. The Morgan fingerprint density at radius 3 is 2.33 bits per heavy atom. The van der Waals surface area contributed by atoms with E-state index in [1.54, 1.807) is 23.1 Å². The number of sulfone groups is 1. The van der Waals surface area contributed by atoms with Gasteiger partial charge in [-0.15, -0.1) is 0 Å². The van der Waals surface area contributed by atoms with Crippen LogP contribution in [-0.4, -0.2) is 38.1 Å². The maximum absolute atomic E-state index is 12.6. The summed E-state index contributed by atoms with van der Waals surface area (Å²) < 4.78 is 25.3. The number of amides is 1. The van der Waals surface area contributed by atoms with Gasteiger partial charge in [0.25, 0.3) is 0 Å². The van der Waals surface area contributed by atoms with Crippen LogP contribution in [0.1, 0.15) is 20.3 Å². The van der Waals surface area contributed by atoms with Crippen LogP contribution in [0.2, 0.25) is 0 Å². The van der Waals surface area contributed by atoms with Crippen LogP contribution in [0.25, 0.3) is 10.8 Å². The predicted octanol–water partition coefficient (Wildman–Crippen LogP) is 3.12. The second-order valence-corrected chi connectivity index (χ2v) is 9.00. The Kier molecular flexibility index (Phi) is 4.63. The molecular weight excluding hydrogens is 322 g/mol. The zero-order valence-corrected chi connectivity index (χ0v) is 14.9. The van der Waals surface area contributed by atoms with E-state index in [1.165, 1.54) is 0 Å². The van der Waals surface area contributed by atoms with E-state index >= 15 is 0 Å². The van der Waals surface area contributed by atoms with Crippen molar-refractivity contribution in [2.24, 2.45) is 11.8 Å². The van der Waals surface area contributed by atoms with Gasteiger partial charge >= 0.3 is 0 Å². The van der Waals surface area contributed by atoms with Crippen molar-refractivity contribution >= 4 is 26.5 Å². The average Bonchev–Trinajstić information content (AvgIpc) is 2.53. The Morgan fingerprint density at radius 1 is 1.04 bits per heavy atom. The summed E-state index contributed by atoms with van der Waals surface area (Å²) >= 11 is 0. The van der Waals surface area contributed by atoms with Gasteiger partial charge in [0.15, 0.2) is 9.84 Å². The first-order valence-electron chi connectivity index (χ1n) is 8.34. The Morgan fingerprint density at radius 2 is 1.67 bits per heavy atom. The Balaban J connectivity index is 1.80. The fourth-order valence-corrected chi connectivity index (χ4v) is 4.82. The number of nitrogens with zero attached hydrogens (tertiary/aromatic N) is 1. The predicted molar refractivity (Wildman–Crippen MR) is 95.5 cm³/mol. The van der Waals surface area contributed by atoms with E-state index in [4.69, 9.17) is 0 Å². The summed E-state index contributed by atoms with van der Waals surface area (Å²) in [4.78, 5) is 14.4. The summed E-state index contributed by atoms with van der Waals surface area (Å²) in [6.07, 6.45) is 1.08. The van der Waals surface area contributed by atoms with Gasteiger partial charge in [-0.05, 0) is 41.2 Å². The van der Waals surface area contributed by atoms with Crippen molar-refractivity contribution in [2.45, 2.75) is 25.2 Å². The third-order valence-corrected chi connectivity index (χ3v) is 6.21. The molecule has 4 nitrogen and oxygen atoms in total. The summed E-state index contributed by atoms with van der Waals surface area (Å²) in [5.41, 5.74) is 0. The van der Waals surface area contributed by atoms with Crippen LogP contribution in [0, 0.1) is 11.8 Å². The molecule has 1 aliphatic rings. The summed E-state index contributed by atoms with van der Waals surface area (Å²) in [5, 5.41) is 1.85. The van der Waals surface area contributed by atoms with Gasteiger partial charge in [0.2, 0.25) is 5.91 Å². The lowest BCUT2D eigenvalue weighted by atomic mass is 9.92. The van der Waals surface area contributed by atoms with E-state index in [-0.39, 0.29) is 10.8 Å². The first kappa shape index (κ1) is 17.0. The Hall–Kier alpha value is -1.88. The van der Waals surface area contributed by atoms with Gasteiger partial charge < -0.3 is 4.90 Å². The van der Waals surface area contributed by atoms with Crippen molar-refractivity contribution in [1.29, 1.82) is 0 Å². The molecule has 2 aromatic rings. The van der Waals surface area contributed by atoms with Crippen molar-refractivity contribution in [3.05, 3.63) is 42.5 Å². The highest BCUT2D eigenvalue weighted by atomic mass is 32.2. The molecule has 2 unspecified atom stereocenters. The van der Waals surface area contributed by atoms with E-state index in [2.05, 4.69) is 13.8 Å². The number of benzene rings is 2. The van der Waals surface area contributed by atoms with Crippen molar-refractivity contribution in [3.63, 3.8) is 0 Å². The maximum Gasteiger partial charge on any atom is 0.238 e. The van der Waals surface area contributed by atoms with Crippen molar-refractivity contribution in [1.82, 2.24) is 4.90 Å². The van der Waals surface area contributed by atoms with Gasteiger partial charge in [-0.3, -0.25) is 4.79 Å². The van der Waals surface area contributed by atoms with Gasteiger partial charge in [-0.2, -0.15) is 0 Å². The zero-order chi connectivity index (χ0) is 17.3. The molecule has 1 fully saturated rings. The Bertz CT molecular complexity index is 850. The number of piperidine rings is 1. The van der Waals surface area contributed by atoms with Crippen molar-refractivity contribution in [2.75, 3.05) is 18.8 Å². The van der Waals surface area contributed by atoms with E-state index in [0.29, 0.717) is 24.9 Å². The highest BCUT2D eigenvalue weighted by molar-refractivity contribution is 7.92. The van der Waals surface area contributed by atoms with Gasteiger partial charge in [0.05, 0.1) is 4.90 Å². The number of carbonyl (C=O) groups excluding carboxylic acids is 1. The molecule has 5 heteroatoms. The highest BCUT2D eigenvalue weighted by Gasteiger charge is 2.29. The van der Waals surface area contributed by atoms with Crippen LogP contribution in [0.3, 0.4) is 0 Å². The molecule has 0 aliphatic carbocycles. The van der Waals surface area contributed by atoms with Gasteiger partial charge in [0.1, 0.15) is 5.75 Å². The highest BCUT2D eigenvalue weighted by Crippen LogP contribution is 2.23. The van der Waals surface area contributed by atoms with Crippen molar-refractivity contribution < 1.29 is 13.2 Å². The molecular formula is C19H23NO3S. The molecule has 128 valence electrons. The van der Waals surface area contributed by atoms with E-state index in [1.807, 2.05) is 24.3 Å². The SMILES string of the molecule is CC1CC(C)CN(C(=O)CS(=O)(=O)c2ccc3ccccc3c2)C1. The molecule has 0 aromatic heterocycles. The second kappa shape index (κ2) is 6.55. The third-order valence-electron chi connectivity index (χ3n) is 4.62. The molecule has 24 heavy (non-hydrogen) atoms. The maximum atomic E-state index is 12.6. The molecule has 2 atom stereocenters. The van der Waals surface area contributed by atoms with Crippen LogP contribution in [0.5, 0.6) is 0 Å². The summed E-state index contributed by atoms with van der Waals surface area (Å²) in [7, 11) is -3.63. The summed E-state index contributed by atoms with van der Waals surface area (Å²) in [5.74, 6) is 0.0915. The first-order valence-corrected chi connectivity index (χ1v) is 10.00. The molecule has 0 saturated carbocycles. The molecule has 0 N–H and O–H groups in total. The number of carbonyl (C=O) groups is 1. The van der Waals surface area contributed by atoms with E-state index < -0.39 is 15.6 Å². The second-order valence-electron chi connectivity index (χ2n) is 7.01. The topological polar surface area (TPSA) is 54.5 Å². The lowest BCUT2D eigenvalue weighted by molar-refractivity contribution is -0.131. The molecule has 1 heterocycles. The monoisotopic (exact) mass is 345 g/mol. The minimum atomic E-state index is -3.63. The van der Waals surface area contributed by atoms with E-state index in [0.717, 1.165) is 17.2 Å². The standard InChI is InChI=1S/C19H23NO3S/c1-14-9-15(2)12-20(11-14)19(21)13-24(22,23)18-8-7-16-5-3-4-6-17(16)10-18/h3-8,10,14-15H,9,11-13H2,1-2H3. The molecule has 3 rings (SSSR count). The lowest BCUT2D eigenvalue weighted by Crippen LogP contribution is -2.44. The molecule has 0 spiro atoms. The van der Waals surface area contributed by atoms with Crippen LogP contribution in [0.4, 0.5) is 0 Å². The largest absolute Gasteiger partial charge is 0.341 e. The van der Waals surface area contributed by atoms with Crippen molar-refractivity contribution in [3.8, 4) is 0 Å². The summed E-state index contributed by atoms with van der Waals surface area (Å²) in [6.45, 7) is 5.51. The number of likely N-dealkylation sites (tertiary alicyclic amines) is 1. The normalized spacial score (nSPS) is 21.8. The summed E-state index contributed by atoms with van der Waals surface area (Å²) in [6, 6.07) is 12.6. The van der Waals surface area contributed by atoms with Crippen LogP contribution in [0.15, 0.2) is 47.4 Å². The van der Waals surface area contributed by atoms with Crippen LogP contribution >= 0.6 is 0 Å². The van der Waals surface area contributed by atoms with Gasteiger partial charge in [-0.25, -0.2) is 8.42 Å². The molecule has 0 bridgehead atoms. The zero-order valence-electron chi connectivity index (χ0n) is 14.1. The molecule has 1 aliphatic heterocycles.